The maximum Gasteiger partial charge on any atom is 0.350 e. The predicted octanol–water partition coefficient (Wildman–Crippen LogP) is -2.21. The smallest absolute Gasteiger partial charge is 0.350 e. The molecule has 1 aromatic carbocycles. The average Bonchev–Trinajstić information content (AvgIpc) is 3.76. The molecule has 260 valence electrons. The van der Waals surface area contributed by atoms with Gasteiger partial charge in [0.2, 0.25) is 16.9 Å². The molecule has 0 radical (unpaired) electrons. The minimum absolute atomic E-state index is 0.00394. The normalized spacial score (nSPS) is 22.3. The van der Waals surface area contributed by atoms with Crippen molar-refractivity contribution in [2.75, 3.05) is 32.0 Å². The molecule has 49 heavy (non-hydrogen) atoms. The fourth-order valence-electron chi connectivity index (χ4n) is 4.89. The lowest BCUT2D eigenvalue weighted by Gasteiger charge is -2.41. The zero-order valence-electron chi connectivity index (χ0n) is 24.3. The molecule has 3 aliphatic rings. The van der Waals surface area contributed by atoms with Crippen LogP contribution >= 0.6 is 34.7 Å². The standard InChI is InChI=1S/C25H23ClN8O13S2/c26-12-8(1-2-10(36)16(12)38)15(37)18(40)30-34-4-3-33(24(34)46)25(22(44)45)7-32-19(41)14(20(32)49-25)29-17(39)13(9-6-48-23(27)28-9)31-47-11(5-35)21(42)43/h1-2,6,11,14,20,35-36,38H,3-5,7H2,(H2,27,28)(H,29,39)(H,30,40)(H,42,43)(H,44,45)/b31-13-/t11-,14?,20-,25-/m1/s1. The van der Waals surface area contributed by atoms with Gasteiger partial charge < -0.3 is 46.3 Å². The summed E-state index contributed by atoms with van der Waals surface area (Å²) < 4.78 is 0. The van der Waals surface area contributed by atoms with Crippen molar-refractivity contribution in [3.05, 3.63) is 33.8 Å². The average molecular weight is 743 g/mol. The number of thioether (sulfide) groups is 1. The Bertz CT molecular complexity index is 1820. The zero-order valence-corrected chi connectivity index (χ0v) is 26.7. The van der Waals surface area contributed by atoms with Crippen molar-refractivity contribution < 1.29 is 63.9 Å². The van der Waals surface area contributed by atoms with Crippen LogP contribution in [0.5, 0.6) is 11.5 Å². The second-order valence-corrected chi connectivity index (χ2v) is 13.0. The fourth-order valence-corrected chi connectivity index (χ4v) is 7.32. The number of hydrogen-bond acceptors (Lipinski definition) is 16. The Labute approximate surface area is 285 Å². The zero-order chi connectivity index (χ0) is 35.9. The number of hydrogen-bond donors (Lipinski definition) is 8. The first-order valence-corrected chi connectivity index (χ1v) is 15.7. The molecule has 3 aliphatic heterocycles. The molecule has 0 spiro atoms. The molecule has 1 aromatic heterocycles. The number of ketones is 1. The summed E-state index contributed by atoms with van der Waals surface area (Å²) in [7, 11) is 0. The number of phenols is 2. The molecule has 1 unspecified atom stereocenters. The Hall–Kier alpha value is -5.39. The number of aliphatic hydroxyl groups excluding tert-OH is 1. The van der Waals surface area contributed by atoms with Gasteiger partial charge in [-0.3, -0.25) is 29.5 Å². The van der Waals surface area contributed by atoms with Gasteiger partial charge in [0.25, 0.3) is 11.7 Å². The van der Waals surface area contributed by atoms with Crippen LogP contribution in [-0.2, 0) is 28.8 Å². The molecule has 4 heterocycles. The first-order chi connectivity index (χ1) is 23.1. The first kappa shape index (κ1) is 34.9. The van der Waals surface area contributed by atoms with Crippen LogP contribution in [0.25, 0.3) is 0 Å². The van der Waals surface area contributed by atoms with E-state index >= 15 is 0 Å². The van der Waals surface area contributed by atoms with Crippen molar-refractivity contribution >= 4 is 87.0 Å². The van der Waals surface area contributed by atoms with Crippen LogP contribution < -0.4 is 16.5 Å². The number of Topliss-reactive ketones (excluding diaryl/α,β-unsaturated/α-hetero) is 1. The van der Waals surface area contributed by atoms with Gasteiger partial charge >= 0.3 is 23.9 Å². The predicted molar refractivity (Wildman–Crippen MR) is 164 cm³/mol. The summed E-state index contributed by atoms with van der Waals surface area (Å²) in [5.74, 6) is -9.10. The van der Waals surface area contributed by atoms with Crippen LogP contribution in [0.15, 0.2) is 22.7 Å². The number of β-lactam (4-membered cyclic amide) rings is 1. The highest BCUT2D eigenvalue weighted by Gasteiger charge is 2.66. The molecule has 4 atom stereocenters. The molecule has 3 saturated heterocycles. The lowest BCUT2D eigenvalue weighted by molar-refractivity contribution is -0.153. The van der Waals surface area contributed by atoms with Gasteiger partial charge in [-0.1, -0.05) is 28.5 Å². The molecule has 9 N–H and O–H groups in total. The number of phenolic OH excluding ortho intramolecular Hbond substituents is 2. The number of nitrogens with one attached hydrogen (secondary N) is 2. The number of rotatable bonds is 12. The van der Waals surface area contributed by atoms with Gasteiger partial charge in [-0.05, 0) is 12.1 Å². The van der Waals surface area contributed by atoms with Crippen LogP contribution in [0.1, 0.15) is 16.1 Å². The monoisotopic (exact) mass is 742 g/mol. The van der Waals surface area contributed by atoms with E-state index in [1.165, 1.54) is 5.38 Å². The van der Waals surface area contributed by atoms with Crippen LogP contribution in [0.3, 0.4) is 0 Å². The van der Waals surface area contributed by atoms with E-state index in [-0.39, 0.29) is 23.9 Å². The Morgan fingerprint density at radius 1 is 1.16 bits per heavy atom. The lowest BCUT2D eigenvalue weighted by Crippen LogP contribution is -2.68. The number of anilines is 1. The van der Waals surface area contributed by atoms with Crippen molar-refractivity contribution in [3.8, 4) is 11.5 Å². The molecular formula is C25H23ClN8O13S2. The molecule has 3 fully saturated rings. The summed E-state index contributed by atoms with van der Waals surface area (Å²) in [6, 6.07) is -0.513. The molecule has 0 aliphatic carbocycles. The Balaban J connectivity index is 1.30. The van der Waals surface area contributed by atoms with Gasteiger partial charge in [-0.15, -0.1) is 11.3 Å². The van der Waals surface area contributed by atoms with E-state index in [1.54, 1.807) is 0 Å². The molecule has 24 heteroatoms. The van der Waals surface area contributed by atoms with Gasteiger partial charge in [0, 0.05) is 11.9 Å². The topological polar surface area (TPSA) is 315 Å². The maximum absolute atomic E-state index is 13.4. The number of benzene rings is 1. The maximum atomic E-state index is 13.4. The molecule has 2 aromatic rings. The number of fused-ring (bicyclic) bond motifs is 1. The Morgan fingerprint density at radius 3 is 2.49 bits per heavy atom. The number of nitrogens with two attached hydrogens (primary N) is 1. The number of urea groups is 1. The van der Waals surface area contributed by atoms with Crippen LogP contribution in [0.2, 0.25) is 5.02 Å². The molecule has 5 amide bonds. The minimum Gasteiger partial charge on any atom is -0.504 e. The number of hydrazine groups is 1. The molecule has 0 bridgehead atoms. The summed E-state index contributed by atoms with van der Waals surface area (Å²) in [4.78, 5) is 97.5. The highest BCUT2D eigenvalue weighted by molar-refractivity contribution is 8.02. The molecular weight excluding hydrogens is 720 g/mol. The van der Waals surface area contributed by atoms with Crippen LogP contribution in [0.4, 0.5) is 9.93 Å². The van der Waals surface area contributed by atoms with Gasteiger partial charge in [0.1, 0.15) is 17.1 Å². The summed E-state index contributed by atoms with van der Waals surface area (Å²) >= 11 is 7.40. The number of aliphatic hydroxyl groups is 1. The molecule has 21 nitrogen and oxygen atoms in total. The Morgan fingerprint density at radius 2 is 1.88 bits per heavy atom. The number of aromatic nitrogens is 1. The number of nitrogens with zero attached hydrogens (tertiary/aromatic N) is 5. The van der Waals surface area contributed by atoms with Crippen LogP contribution in [0, 0.1) is 0 Å². The molecule has 0 saturated carbocycles. The Kier molecular flexibility index (Phi) is 9.45. The van der Waals surface area contributed by atoms with Crippen molar-refractivity contribution in [1.29, 1.82) is 0 Å². The highest BCUT2D eigenvalue weighted by atomic mass is 35.5. The summed E-state index contributed by atoms with van der Waals surface area (Å²) in [5, 5.41) is 54.1. The summed E-state index contributed by atoms with van der Waals surface area (Å²) in [6.45, 7) is -2.10. The second-order valence-electron chi connectivity index (χ2n) is 10.3. The third-order valence-electron chi connectivity index (χ3n) is 7.38. The minimum atomic E-state index is -2.11. The third kappa shape index (κ3) is 6.18. The van der Waals surface area contributed by atoms with E-state index in [0.29, 0.717) is 16.8 Å². The van der Waals surface area contributed by atoms with Crippen molar-refractivity contribution in [3.63, 3.8) is 0 Å². The van der Waals surface area contributed by atoms with Crippen molar-refractivity contribution in [2.24, 2.45) is 5.16 Å². The summed E-state index contributed by atoms with van der Waals surface area (Å²) in [5.41, 5.74) is 6.44. The second kappa shape index (κ2) is 13.3. The number of carbonyl (C=O) groups excluding carboxylic acids is 5. The number of carboxylic acid groups (broad SMARTS) is 2. The number of carbonyl (C=O) groups is 7. The molecule has 5 rings (SSSR count). The van der Waals surface area contributed by atoms with Crippen LogP contribution in [-0.4, -0.2) is 141 Å². The number of aliphatic carboxylic acids is 2. The first-order valence-electron chi connectivity index (χ1n) is 13.6. The highest BCUT2D eigenvalue weighted by Crippen LogP contribution is 2.49. The van der Waals surface area contributed by atoms with E-state index < -0.39 is 105 Å². The van der Waals surface area contributed by atoms with E-state index in [9.17, 15) is 54.0 Å². The number of halogens is 1. The van der Waals surface area contributed by atoms with E-state index in [4.69, 9.17) is 27.3 Å². The number of aromatic hydroxyl groups is 2. The summed E-state index contributed by atoms with van der Waals surface area (Å²) in [6.07, 6.45) is -1.85. The quantitative estimate of drug-likeness (QED) is 0.0285. The number of nitrogen functional groups attached to an aromatic ring is 1. The van der Waals surface area contributed by atoms with Gasteiger partial charge in [-0.25, -0.2) is 24.4 Å². The largest absolute Gasteiger partial charge is 0.504 e. The SMILES string of the molecule is Nc1nc(/C(=N/O[C@H](CO)C(=O)O)C(=O)NC2C(=O)N3C[C@@](C(=O)O)(N4CCN(NC(=O)C(=O)c5ccc(O)c(O)c5Cl)C4=O)S[C@H]23)cs1. The van der Waals surface area contributed by atoms with Gasteiger partial charge in [-0.2, -0.15) is 0 Å². The van der Waals surface area contributed by atoms with E-state index in [2.05, 4.69) is 20.9 Å². The number of amides is 5. The third-order valence-corrected chi connectivity index (χ3v) is 10.1. The van der Waals surface area contributed by atoms with Crippen molar-refractivity contribution in [1.82, 2.24) is 30.5 Å². The number of thiazole rings is 1. The van der Waals surface area contributed by atoms with Crippen molar-refractivity contribution in [2.45, 2.75) is 22.4 Å². The van der Waals surface area contributed by atoms with E-state index in [1.807, 2.05) is 0 Å². The number of carboxylic acids is 2. The lowest BCUT2D eigenvalue weighted by atomic mass is 10.1. The van der Waals surface area contributed by atoms with Gasteiger partial charge in [0.05, 0.1) is 30.3 Å². The number of oxime groups is 1. The van der Waals surface area contributed by atoms with Gasteiger partial charge in [0.15, 0.2) is 22.3 Å². The fraction of sp³-hybridized carbons (Fsp3) is 0.320. The van der Waals surface area contributed by atoms with E-state index in [0.717, 1.165) is 33.3 Å².